The number of nitrogens with two attached hydrogens (primary N) is 1. The molecule has 0 saturated heterocycles. The molecule has 0 aliphatic heterocycles. The topological polar surface area (TPSA) is 43.8 Å². The van der Waals surface area contributed by atoms with Crippen LogP contribution in [0.4, 0.5) is 0 Å². The molecule has 1 heterocycles. The third-order valence-electron chi connectivity index (χ3n) is 3.17. The minimum Gasteiger partial charge on any atom is -0.335 e. The van der Waals surface area contributed by atoms with E-state index >= 15 is 0 Å². The maximum Gasteiger partial charge on any atom is 0.110 e. The number of hydrogen-bond acceptors (Lipinski definition) is 2. The second-order valence-corrected chi connectivity index (χ2v) is 5.21. The first-order chi connectivity index (χ1) is 8.63. The first kappa shape index (κ1) is 13.3. The number of nitrogens with zero attached hydrogens (tertiary/aromatic N) is 2. The van der Waals surface area contributed by atoms with Crippen LogP contribution in [0.15, 0.2) is 35.1 Å². The first-order valence-corrected chi connectivity index (χ1v) is 6.93. The lowest BCUT2D eigenvalue weighted by molar-refractivity contribution is 0.626. The molecule has 0 fully saturated rings. The predicted molar refractivity (Wildman–Crippen MR) is 77.4 cm³/mol. The third kappa shape index (κ3) is 2.65. The highest BCUT2D eigenvalue weighted by Crippen LogP contribution is 2.27. The zero-order chi connectivity index (χ0) is 13.1. The van der Waals surface area contributed by atoms with Crippen LogP contribution in [0.2, 0.25) is 0 Å². The maximum atomic E-state index is 6.30. The quantitative estimate of drug-likeness (QED) is 0.942. The minimum absolute atomic E-state index is 0.0352. The van der Waals surface area contributed by atoms with E-state index in [-0.39, 0.29) is 6.04 Å². The lowest BCUT2D eigenvalue weighted by Gasteiger charge is -2.15. The predicted octanol–water partition coefficient (Wildman–Crippen LogP) is 3.22. The summed E-state index contributed by atoms with van der Waals surface area (Å²) in [6.07, 6.45) is 4.58. The highest BCUT2D eigenvalue weighted by molar-refractivity contribution is 9.10. The summed E-state index contributed by atoms with van der Waals surface area (Å²) in [4.78, 5) is 4.37. The summed E-state index contributed by atoms with van der Waals surface area (Å²) in [6, 6.07) is 6.16. The summed E-state index contributed by atoms with van der Waals surface area (Å²) in [7, 11) is 0. The van der Waals surface area contributed by atoms with E-state index < -0.39 is 0 Å². The molecule has 96 valence electrons. The lowest BCUT2D eigenvalue weighted by atomic mass is 10.0. The molecule has 1 unspecified atom stereocenters. The molecular weight excluding hydrogens is 290 g/mol. The fourth-order valence-corrected chi connectivity index (χ4v) is 2.64. The van der Waals surface area contributed by atoms with Crippen LogP contribution >= 0.6 is 15.9 Å². The van der Waals surface area contributed by atoms with E-state index in [1.165, 1.54) is 5.56 Å². The van der Waals surface area contributed by atoms with Gasteiger partial charge in [-0.3, -0.25) is 0 Å². The van der Waals surface area contributed by atoms with Crippen LogP contribution in [0.5, 0.6) is 0 Å². The molecule has 2 N–H and O–H groups in total. The van der Waals surface area contributed by atoms with Crippen molar-refractivity contribution in [3.63, 3.8) is 0 Å². The van der Waals surface area contributed by atoms with Gasteiger partial charge in [0.1, 0.15) is 5.82 Å². The molecule has 0 aliphatic rings. The van der Waals surface area contributed by atoms with E-state index in [1.54, 1.807) is 0 Å². The van der Waals surface area contributed by atoms with Crippen LogP contribution in [-0.2, 0) is 13.0 Å². The Morgan fingerprint density at radius 3 is 2.94 bits per heavy atom. The monoisotopic (exact) mass is 307 g/mol. The average Bonchev–Trinajstić information content (AvgIpc) is 2.79. The van der Waals surface area contributed by atoms with Gasteiger partial charge in [0.05, 0.1) is 0 Å². The van der Waals surface area contributed by atoms with Crippen molar-refractivity contribution in [3.05, 3.63) is 52.0 Å². The fourth-order valence-electron chi connectivity index (χ4n) is 2.08. The molecule has 1 atom stereocenters. The van der Waals surface area contributed by atoms with Gasteiger partial charge in [0, 0.05) is 35.9 Å². The van der Waals surface area contributed by atoms with Crippen LogP contribution in [0.1, 0.15) is 29.9 Å². The van der Waals surface area contributed by atoms with Crippen molar-refractivity contribution in [1.29, 1.82) is 0 Å². The zero-order valence-electron chi connectivity index (χ0n) is 10.7. The molecule has 3 nitrogen and oxygen atoms in total. The van der Waals surface area contributed by atoms with Crippen molar-refractivity contribution in [1.82, 2.24) is 9.55 Å². The van der Waals surface area contributed by atoms with Crippen LogP contribution in [0.3, 0.4) is 0 Å². The number of aromatic nitrogens is 2. The number of aryl methyl sites for hydroxylation is 2. The molecule has 18 heavy (non-hydrogen) atoms. The van der Waals surface area contributed by atoms with Gasteiger partial charge in [-0.1, -0.05) is 34.1 Å². The SMILES string of the molecule is CCn1ccnc1CC(N)c1cccc(C)c1Br. The molecule has 0 aliphatic carbocycles. The summed E-state index contributed by atoms with van der Waals surface area (Å²) in [5, 5.41) is 0. The number of rotatable bonds is 4. The van der Waals surface area contributed by atoms with Gasteiger partial charge >= 0.3 is 0 Å². The smallest absolute Gasteiger partial charge is 0.110 e. The Kier molecular flexibility index (Phi) is 4.19. The Morgan fingerprint density at radius 1 is 1.44 bits per heavy atom. The summed E-state index contributed by atoms with van der Waals surface area (Å²) >= 11 is 3.61. The molecule has 0 amide bonds. The second-order valence-electron chi connectivity index (χ2n) is 4.42. The molecular formula is C14H18BrN3. The molecule has 0 spiro atoms. The Balaban J connectivity index is 2.22. The van der Waals surface area contributed by atoms with Crippen molar-refractivity contribution in [2.45, 2.75) is 32.9 Å². The molecule has 4 heteroatoms. The third-order valence-corrected chi connectivity index (χ3v) is 4.25. The number of halogens is 1. The number of benzene rings is 1. The van der Waals surface area contributed by atoms with E-state index in [0.717, 1.165) is 28.8 Å². The van der Waals surface area contributed by atoms with Crippen LogP contribution < -0.4 is 5.73 Å². The van der Waals surface area contributed by atoms with Gasteiger partial charge in [-0.05, 0) is 25.0 Å². The molecule has 0 radical (unpaired) electrons. The number of imidazole rings is 1. The van der Waals surface area contributed by atoms with E-state index in [0.29, 0.717) is 0 Å². The van der Waals surface area contributed by atoms with Crippen LogP contribution in [-0.4, -0.2) is 9.55 Å². The second kappa shape index (κ2) is 5.67. The van der Waals surface area contributed by atoms with Crippen molar-refractivity contribution in [2.24, 2.45) is 5.73 Å². The van der Waals surface area contributed by atoms with Gasteiger partial charge in [0.25, 0.3) is 0 Å². The van der Waals surface area contributed by atoms with E-state index in [9.17, 15) is 0 Å². The van der Waals surface area contributed by atoms with E-state index in [1.807, 2.05) is 18.5 Å². The van der Waals surface area contributed by atoms with Crippen molar-refractivity contribution >= 4 is 15.9 Å². The van der Waals surface area contributed by atoms with E-state index in [4.69, 9.17) is 5.73 Å². The normalized spacial score (nSPS) is 12.7. The highest BCUT2D eigenvalue weighted by Gasteiger charge is 2.14. The summed E-state index contributed by atoms with van der Waals surface area (Å²) in [6.45, 7) is 5.11. The Labute approximate surface area is 116 Å². The van der Waals surface area contributed by atoms with Crippen molar-refractivity contribution in [3.8, 4) is 0 Å². The van der Waals surface area contributed by atoms with Crippen LogP contribution in [0, 0.1) is 6.92 Å². The standard InChI is InChI=1S/C14H18BrN3/c1-3-18-8-7-17-13(18)9-12(16)11-6-4-5-10(2)14(11)15/h4-8,12H,3,9,16H2,1-2H3. The Bertz CT molecular complexity index is 534. The lowest BCUT2D eigenvalue weighted by Crippen LogP contribution is -2.17. The molecule has 1 aromatic carbocycles. The van der Waals surface area contributed by atoms with Crippen molar-refractivity contribution < 1.29 is 0 Å². The fraction of sp³-hybridized carbons (Fsp3) is 0.357. The van der Waals surface area contributed by atoms with Crippen LogP contribution in [0.25, 0.3) is 0 Å². The first-order valence-electron chi connectivity index (χ1n) is 6.14. The van der Waals surface area contributed by atoms with Crippen molar-refractivity contribution in [2.75, 3.05) is 0 Å². The number of hydrogen-bond donors (Lipinski definition) is 1. The maximum absolute atomic E-state index is 6.30. The molecule has 1 aromatic heterocycles. The van der Waals surface area contributed by atoms with Gasteiger partial charge < -0.3 is 10.3 Å². The van der Waals surface area contributed by atoms with Gasteiger partial charge in [0.15, 0.2) is 0 Å². The van der Waals surface area contributed by atoms with E-state index in [2.05, 4.69) is 51.5 Å². The Morgan fingerprint density at radius 2 is 2.22 bits per heavy atom. The average molecular weight is 308 g/mol. The summed E-state index contributed by atoms with van der Waals surface area (Å²) in [5.74, 6) is 1.04. The summed E-state index contributed by atoms with van der Waals surface area (Å²) in [5.41, 5.74) is 8.65. The largest absolute Gasteiger partial charge is 0.335 e. The molecule has 0 saturated carbocycles. The highest BCUT2D eigenvalue weighted by atomic mass is 79.9. The van der Waals surface area contributed by atoms with Gasteiger partial charge in [-0.2, -0.15) is 0 Å². The molecule has 2 aromatic rings. The minimum atomic E-state index is -0.0352. The summed E-state index contributed by atoms with van der Waals surface area (Å²) < 4.78 is 3.23. The van der Waals surface area contributed by atoms with Gasteiger partial charge in [-0.25, -0.2) is 4.98 Å². The van der Waals surface area contributed by atoms with Gasteiger partial charge in [-0.15, -0.1) is 0 Å². The molecule has 0 bridgehead atoms. The zero-order valence-corrected chi connectivity index (χ0v) is 12.3. The molecule has 2 rings (SSSR count). The van der Waals surface area contributed by atoms with Gasteiger partial charge in [0.2, 0.25) is 0 Å². The Hall–Kier alpha value is -1.13.